The average Bonchev–Trinajstić information content (AvgIpc) is 2.68. The summed E-state index contributed by atoms with van der Waals surface area (Å²) in [5.74, 6) is 0.765. The fourth-order valence-electron chi connectivity index (χ4n) is 3.69. The van der Waals surface area contributed by atoms with Gasteiger partial charge in [-0.05, 0) is 54.8 Å². The van der Waals surface area contributed by atoms with Gasteiger partial charge in [0.25, 0.3) is 0 Å². The summed E-state index contributed by atoms with van der Waals surface area (Å²) in [7, 11) is 0. The molecule has 0 atom stereocenters. The smallest absolute Gasteiger partial charge is 0.235 e. The van der Waals surface area contributed by atoms with Gasteiger partial charge in [-0.2, -0.15) is 0 Å². The summed E-state index contributed by atoms with van der Waals surface area (Å²) in [6, 6.07) is 12.9. The van der Waals surface area contributed by atoms with Crippen molar-refractivity contribution in [2.24, 2.45) is 0 Å². The Labute approximate surface area is 178 Å². The number of nitrogens with one attached hydrogen (secondary N) is 1. The number of benzene rings is 2. The van der Waals surface area contributed by atoms with Crippen LogP contribution in [0.5, 0.6) is 5.75 Å². The Hall–Kier alpha value is -1.23. The highest BCUT2D eigenvalue weighted by atomic mass is 79.9. The van der Waals surface area contributed by atoms with Crippen molar-refractivity contribution < 1.29 is 9.53 Å². The molecule has 0 radical (unpaired) electrons. The standard InChI is InChI=1S/C21H22BrCl2NO2/c22-12-13-27-17-7-5-16(6-8-17)25-20(26)21(10-2-1-3-11-21)18-9-4-15(23)14-19(18)24/h4-9,14H,1-3,10-13H2,(H,25,26). The van der Waals surface area contributed by atoms with Gasteiger partial charge >= 0.3 is 0 Å². The van der Waals surface area contributed by atoms with Gasteiger partial charge in [0, 0.05) is 21.1 Å². The molecule has 0 bridgehead atoms. The molecule has 1 fully saturated rings. The van der Waals surface area contributed by atoms with Crippen LogP contribution in [0.25, 0.3) is 0 Å². The third-order valence-corrected chi connectivity index (χ3v) is 5.92. The summed E-state index contributed by atoms with van der Waals surface area (Å²) in [6.07, 6.45) is 4.72. The fraction of sp³-hybridized carbons (Fsp3) is 0.381. The van der Waals surface area contributed by atoms with Crippen molar-refractivity contribution in [3.8, 4) is 5.75 Å². The molecule has 2 aromatic rings. The normalized spacial score (nSPS) is 16.0. The molecule has 2 aromatic carbocycles. The van der Waals surface area contributed by atoms with Gasteiger partial charge in [-0.3, -0.25) is 4.79 Å². The second-order valence-corrected chi connectivity index (χ2v) is 8.42. The molecule has 1 saturated carbocycles. The molecule has 27 heavy (non-hydrogen) atoms. The zero-order valence-corrected chi connectivity index (χ0v) is 18.0. The van der Waals surface area contributed by atoms with Gasteiger partial charge in [0.05, 0.1) is 12.0 Å². The van der Waals surface area contributed by atoms with Gasteiger partial charge in [-0.25, -0.2) is 0 Å². The summed E-state index contributed by atoms with van der Waals surface area (Å²) >= 11 is 15.9. The van der Waals surface area contributed by atoms with Crippen LogP contribution < -0.4 is 10.1 Å². The van der Waals surface area contributed by atoms with Crippen LogP contribution in [0.4, 0.5) is 5.69 Å². The summed E-state index contributed by atoms with van der Waals surface area (Å²) < 4.78 is 5.56. The molecule has 1 N–H and O–H groups in total. The number of amides is 1. The lowest BCUT2D eigenvalue weighted by atomic mass is 9.68. The van der Waals surface area contributed by atoms with E-state index in [0.29, 0.717) is 16.7 Å². The second kappa shape index (κ2) is 9.31. The van der Waals surface area contributed by atoms with Gasteiger partial charge in [0.1, 0.15) is 5.75 Å². The highest BCUT2D eigenvalue weighted by Gasteiger charge is 2.42. The minimum atomic E-state index is -0.620. The summed E-state index contributed by atoms with van der Waals surface area (Å²) in [5, 5.41) is 4.99. The number of carbonyl (C=O) groups is 1. The van der Waals surface area contributed by atoms with Crippen LogP contribution in [0, 0.1) is 0 Å². The molecule has 1 aliphatic rings. The maximum Gasteiger partial charge on any atom is 0.235 e. The van der Waals surface area contributed by atoms with E-state index in [9.17, 15) is 4.79 Å². The van der Waals surface area contributed by atoms with Crippen LogP contribution in [-0.4, -0.2) is 17.8 Å². The highest BCUT2D eigenvalue weighted by molar-refractivity contribution is 9.09. The monoisotopic (exact) mass is 469 g/mol. The molecule has 0 aromatic heterocycles. The molecule has 6 heteroatoms. The van der Waals surface area contributed by atoms with Crippen molar-refractivity contribution in [1.82, 2.24) is 0 Å². The molecule has 0 aliphatic heterocycles. The molecule has 3 rings (SSSR count). The average molecular weight is 471 g/mol. The molecule has 0 heterocycles. The summed E-state index contributed by atoms with van der Waals surface area (Å²) in [6.45, 7) is 0.601. The Bertz CT molecular complexity index is 789. The maximum atomic E-state index is 13.3. The molecular weight excluding hydrogens is 449 g/mol. The number of rotatable bonds is 6. The Morgan fingerprint density at radius 2 is 1.78 bits per heavy atom. The Kier molecular flexibility index (Phi) is 7.07. The molecule has 0 spiro atoms. The lowest BCUT2D eigenvalue weighted by molar-refractivity contribution is -0.122. The first kappa shape index (κ1) is 20.5. The van der Waals surface area contributed by atoms with Crippen molar-refractivity contribution in [2.45, 2.75) is 37.5 Å². The molecule has 144 valence electrons. The van der Waals surface area contributed by atoms with Crippen LogP contribution in [0.2, 0.25) is 10.0 Å². The van der Waals surface area contributed by atoms with Gasteiger partial charge in [0.2, 0.25) is 5.91 Å². The number of anilines is 1. The SMILES string of the molecule is O=C(Nc1ccc(OCCBr)cc1)C1(c2ccc(Cl)cc2Cl)CCCCC1. The van der Waals surface area contributed by atoms with Crippen LogP contribution in [-0.2, 0) is 10.2 Å². The lowest BCUT2D eigenvalue weighted by Crippen LogP contribution is -2.42. The molecular formula is C21H22BrCl2NO2. The first-order valence-corrected chi connectivity index (χ1v) is 11.0. The van der Waals surface area contributed by atoms with E-state index in [1.54, 1.807) is 6.07 Å². The number of hydrogen-bond acceptors (Lipinski definition) is 2. The van der Waals surface area contributed by atoms with Gasteiger partial charge in [-0.1, -0.05) is 64.5 Å². The van der Waals surface area contributed by atoms with E-state index in [1.165, 1.54) is 0 Å². The second-order valence-electron chi connectivity index (χ2n) is 6.78. The molecule has 1 amide bonds. The van der Waals surface area contributed by atoms with Crippen LogP contribution in [0.15, 0.2) is 42.5 Å². The zero-order valence-electron chi connectivity index (χ0n) is 14.9. The van der Waals surface area contributed by atoms with E-state index in [2.05, 4.69) is 21.2 Å². The van der Waals surface area contributed by atoms with E-state index in [-0.39, 0.29) is 5.91 Å². The van der Waals surface area contributed by atoms with Gasteiger partial charge in [0.15, 0.2) is 0 Å². The van der Waals surface area contributed by atoms with Crippen molar-refractivity contribution >= 4 is 50.7 Å². The van der Waals surface area contributed by atoms with Crippen LogP contribution in [0.1, 0.15) is 37.7 Å². The number of alkyl halides is 1. The first-order valence-electron chi connectivity index (χ1n) is 9.11. The van der Waals surface area contributed by atoms with Crippen molar-refractivity contribution in [3.05, 3.63) is 58.1 Å². The highest BCUT2D eigenvalue weighted by Crippen LogP contribution is 2.43. The van der Waals surface area contributed by atoms with Crippen molar-refractivity contribution in [2.75, 3.05) is 17.3 Å². The van der Waals surface area contributed by atoms with Gasteiger partial charge in [-0.15, -0.1) is 0 Å². The van der Waals surface area contributed by atoms with E-state index in [0.717, 1.165) is 54.4 Å². The van der Waals surface area contributed by atoms with Crippen molar-refractivity contribution in [1.29, 1.82) is 0 Å². The summed E-state index contributed by atoms with van der Waals surface area (Å²) in [5.41, 5.74) is 0.995. The van der Waals surface area contributed by atoms with Crippen LogP contribution in [0.3, 0.4) is 0 Å². The van der Waals surface area contributed by atoms with Gasteiger partial charge < -0.3 is 10.1 Å². The largest absolute Gasteiger partial charge is 0.493 e. The number of carbonyl (C=O) groups excluding carboxylic acids is 1. The predicted molar refractivity (Wildman–Crippen MR) is 116 cm³/mol. The molecule has 0 unspecified atom stereocenters. The first-order chi connectivity index (χ1) is 13.0. The molecule has 1 aliphatic carbocycles. The summed E-state index contributed by atoms with van der Waals surface area (Å²) in [4.78, 5) is 13.3. The number of halogens is 3. The predicted octanol–water partition coefficient (Wildman–Crippen LogP) is 6.61. The Morgan fingerprint density at radius 3 is 2.41 bits per heavy atom. The Morgan fingerprint density at radius 1 is 1.07 bits per heavy atom. The lowest BCUT2D eigenvalue weighted by Gasteiger charge is -2.37. The third kappa shape index (κ3) is 4.79. The maximum absolute atomic E-state index is 13.3. The zero-order chi connectivity index (χ0) is 19.3. The topological polar surface area (TPSA) is 38.3 Å². The minimum absolute atomic E-state index is 0.0134. The van der Waals surface area contributed by atoms with Crippen LogP contribution >= 0.6 is 39.1 Å². The minimum Gasteiger partial charge on any atom is -0.493 e. The van der Waals surface area contributed by atoms with E-state index in [1.807, 2.05) is 36.4 Å². The van der Waals surface area contributed by atoms with Crippen molar-refractivity contribution in [3.63, 3.8) is 0 Å². The number of ether oxygens (including phenoxy) is 1. The van der Waals surface area contributed by atoms with E-state index >= 15 is 0 Å². The quantitative estimate of drug-likeness (QED) is 0.482. The molecule has 3 nitrogen and oxygen atoms in total. The Balaban J connectivity index is 1.83. The third-order valence-electron chi connectivity index (χ3n) is 5.05. The fourth-order valence-corrected chi connectivity index (χ4v) is 4.44. The molecule has 0 saturated heterocycles. The van der Waals surface area contributed by atoms with E-state index in [4.69, 9.17) is 27.9 Å². The van der Waals surface area contributed by atoms with E-state index < -0.39 is 5.41 Å². The number of hydrogen-bond donors (Lipinski definition) is 1.